The van der Waals surface area contributed by atoms with Crippen LogP contribution in [0, 0.1) is 0 Å². The zero-order chi connectivity index (χ0) is 17.0. The van der Waals surface area contributed by atoms with Crippen molar-refractivity contribution in [2.75, 3.05) is 24.7 Å². The van der Waals surface area contributed by atoms with Crippen LogP contribution >= 0.6 is 0 Å². The van der Waals surface area contributed by atoms with Gasteiger partial charge in [0.1, 0.15) is 17.1 Å². The van der Waals surface area contributed by atoms with Gasteiger partial charge in [-0.3, -0.25) is 4.79 Å². The smallest absolute Gasteiger partial charge is 0.256 e. The predicted molar refractivity (Wildman–Crippen MR) is 89.6 cm³/mol. The number of fused-ring (bicyclic) bond motifs is 3. The molecule has 2 aromatic rings. The lowest BCUT2D eigenvalue weighted by molar-refractivity contribution is 0.0987. The highest BCUT2D eigenvalue weighted by molar-refractivity contribution is 6.01. The van der Waals surface area contributed by atoms with E-state index in [0.717, 1.165) is 43.9 Å². The number of hydrogen-bond donors (Lipinski definition) is 1. The van der Waals surface area contributed by atoms with Crippen molar-refractivity contribution in [3.63, 3.8) is 0 Å². The largest absolute Gasteiger partial charge is 0.477 e. The maximum atomic E-state index is 11.9. The maximum Gasteiger partial charge on any atom is 0.256 e. The molecule has 3 aliphatic rings. The Balaban J connectivity index is 1.49. The molecule has 2 atom stereocenters. The second kappa shape index (κ2) is 5.45. The fourth-order valence-corrected chi connectivity index (χ4v) is 3.93. The number of pyridine rings is 1. The molecule has 2 fully saturated rings. The fraction of sp³-hybridized carbons (Fsp3) is 0.471. The summed E-state index contributed by atoms with van der Waals surface area (Å²) in [7, 11) is 0. The van der Waals surface area contributed by atoms with E-state index in [1.54, 1.807) is 10.9 Å². The van der Waals surface area contributed by atoms with Gasteiger partial charge in [-0.1, -0.05) is 0 Å². The average Bonchev–Trinajstić information content (AvgIpc) is 3.35. The number of primary amides is 1. The zero-order valence-corrected chi connectivity index (χ0v) is 13.7. The van der Waals surface area contributed by atoms with E-state index < -0.39 is 5.91 Å². The highest BCUT2D eigenvalue weighted by atomic mass is 16.5. The van der Waals surface area contributed by atoms with Crippen LogP contribution < -0.4 is 15.4 Å². The molecule has 3 aliphatic heterocycles. The Morgan fingerprint density at radius 2 is 2.28 bits per heavy atom. The first-order valence-electron chi connectivity index (χ1n) is 8.59. The van der Waals surface area contributed by atoms with Gasteiger partial charge in [0.05, 0.1) is 25.4 Å². The minimum absolute atomic E-state index is 0.324. The van der Waals surface area contributed by atoms with Gasteiger partial charge in [-0.05, 0) is 18.6 Å². The van der Waals surface area contributed by atoms with Crippen molar-refractivity contribution in [1.82, 2.24) is 14.8 Å². The molecular formula is C17H19N5O3. The molecule has 0 saturated carbocycles. The summed E-state index contributed by atoms with van der Waals surface area (Å²) in [6.45, 7) is 2.95. The number of morpholine rings is 1. The quantitative estimate of drug-likeness (QED) is 0.887. The fourth-order valence-electron chi connectivity index (χ4n) is 3.93. The van der Waals surface area contributed by atoms with E-state index in [9.17, 15) is 4.79 Å². The van der Waals surface area contributed by atoms with Crippen LogP contribution in [-0.2, 0) is 11.3 Å². The average molecular weight is 341 g/mol. The number of anilines is 1. The van der Waals surface area contributed by atoms with Crippen molar-refractivity contribution in [3.05, 3.63) is 23.9 Å². The van der Waals surface area contributed by atoms with Crippen molar-refractivity contribution < 1.29 is 14.3 Å². The van der Waals surface area contributed by atoms with Crippen LogP contribution in [-0.4, -0.2) is 52.6 Å². The van der Waals surface area contributed by atoms with Gasteiger partial charge in [-0.2, -0.15) is 5.10 Å². The second-order valence-electron chi connectivity index (χ2n) is 6.72. The number of aryl methyl sites for hydroxylation is 1. The molecule has 5 heterocycles. The second-order valence-corrected chi connectivity index (χ2v) is 6.72. The first-order chi connectivity index (χ1) is 12.2. The minimum Gasteiger partial charge on any atom is -0.477 e. The molecule has 0 unspecified atom stereocenters. The summed E-state index contributed by atoms with van der Waals surface area (Å²) in [5.41, 5.74) is 7.22. The van der Waals surface area contributed by atoms with Gasteiger partial charge in [-0.15, -0.1) is 0 Å². The van der Waals surface area contributed by atoms with Crippen LogP contribution in [0.15, 0.2) is 18.3 Å². The van der Waals surface area contributed by atoms with Crippen molar-refractivity contribution in [2.45, 2.75) is 31.5 Å². The summed E-state index contributed by atoms with van der Waals surface area (Å²) in [4.78, 5) is 18.8. The number of hydrogen-bond acceptors (Lipinski definition) is 6. The molecule has 0 radical (unpaired) electrons. The molecule has 130 valence electrons. The Hall–Kier alpha value is -2.61. The molecule has 0 aromatic carbocycles. The Morgan fingerprint density at radius 3 is 2.96 bits per heavy atom. The van der Waals surface area contributed by atoms with Gasteiger partial charge in [0.2, 0.25) is 5.88 Å². The van der Waals surface area contributed by atoms with Crippen LogP contribution in [0.5, 0.6) is 5.88 Å². The molecular weight excluding hydrogens is 322 g/mol. The molecule has 5 rings (SSSR count). The molecule has 2 N–H and O–H groups in total. The Labute approximate surface area is 144 Å². The van der Waals surface area contributed by atoms with Crippen molar-refractivity contribution in [2.24, 2.45) is 5.73 Å². The number of carbonyl (C=O) groups is 1. The normalized spacial score (nSPS) is 24.2. The number of nitrogens with two attached hydrogens (primary N) is 1. The lowest BCUT2D eigenvalue weighted by Gasteiger charge is -2.27. The van der Waals surface area contributed by atoms with E-state index in [4.69, 9.17) is 15.2 Å². The van der Waals surface area contributed by atoms with E-state index in [-0.39, 0.29) is 0 Å². The summed E-state index contributed by atoms with van der Waals surface area (Å²) in [6.07, 6.45) is 4.01. The molecule has 1 amide bonds. The van der Waals surface area contributed by atoms with Crippen LogP contribution in [0.3, 0.4) is 0 Å². The van der Waals surface area contributed by atoms with E-state index in [1.807, 2.05) is 12.1 Å². The van der Waals surface area contributed by atoms with Crippen molar-refractivity contribution in [1.29, 1.82) is 0 Å². The zero-order valence-electron chi connectivity index (χ0n) is 13.7. The highest BCUT2D eigenvalue weighted by Gasteiger charge is 2.39. The van der Waals surface area contributed by atoms with Gasteiger partial charge in [0.15, 0.2) is 0 Å². The maximum absolute atomic E-state index is 11.9. The first kappa shape index (κ1) is 14.7. The van der Waals surface area contributed by atoms with E-state index in [0.29, 0.717) is 35.9 Å². The van der Waals surface area contributed by atoms with Crippen molar-refractivity contribution in [3.8, 4) is 17.1 Å². The SMILES string of the molecule is NC(=O)c1c(-c2ccc(N3C[C@@H]4C[C@H]3CO4)nc2)nn2c1OCCC2. The van der Waals surface area contributed by atoms with Gasteiger partial charge >= 0.3 is 0 Å². The molecule has 0 aliphatic carbocycles. The molecule has 0 spiro atoms. The third kappa shape index (κ3) is 2.28. The van der Waals surface area contributed by atoms with E-state index >= 15 is 0 Å². The van der Waals surface area contributed by atoms with Gasteiger partial charge in [0, 0.05) is 31.3 Å². The lowest BCUT2D eigenvalue weighted by atomic mass is 10.1. The molecule has 25 heavy (non-hydrogen) atoms. The van der Waals surface area contributed by atoms with Crippen LogP contribution in [0.1, 0.15) is 23.2 Å². The van der Waals surface area contributed by atoms with Crippen molar-refractivity contribution >= 4 is 11.7 Å². The lowest BCUT2D eigenvalue weighted by Crippen LogP contribution is -2.37. The van der Waals surface area contributed by atoms with Gasteiger partial charge in [-0.25, -0.2) is 9.67 Å². The first-order valence-corrected chi connectivity index (χ1v) is 8.59. The predicted octanol–water partition coefficient (Wildman–Crippen LogP) is 0.804. The minimum atomic E-state index is -0.531. The van der Waals surface area contributed by atoms with Gasteiger partial charge < -0.3 is 20.1 Å². The summed E-state index contributed by atoms with van der Waals surface area (Å²) in [5.74, 6) is 0.864. The Kier molecular flexibility index (Phi) is 3.21. The third-order valence-electron chi connectivity index (χ3n) is 5.12. The third-order valence-corrected chi connectivity index (χ3v) is 5.12. The molecule has 8 heteroatoms. The van der Waals surface area contributed by atoms with E-state index in [1.165, 1.54) is 0 Å². The van der Waals surface area contributed by atoms with E-state index in [2.05, 4.69) is 15.0 Å². The van der Waals surface area contributed by atoms with Gasteiger partial charge in [0.25, 0.3) is 5.91 Å². The number of nitrogens with zero attached hydrogens (tertiary/aromatic N) is 4. The molecule has 8 nitrogen and oxygen atoms in total. The monoisotopic (exact) mass is 341 g/mol. The topological polar surface area (TPSA) is 95.5 Å². The molecule has 2 saturated heterocycles. The summed E-state index contributed by atoms with van der Waals surface area (Å²) in [6, 6.07) is 4.33. The summed E-state index contributed by atoms with van der Waals surface area (Å²) >= 11 is 0. The number of ether oxygens (including phenoxy) is 2. The number of amides is 1. The van der Waals surface area contributed by atoms with Crippen LogP contribution in [0.2, 0.25) is 0 Å². The number of rotatable bonds is 3. The summed E-state index contributed by atoms with van der Waals surface area (Å²) < 4.78 is 13.0. The number of carbonyl (C=O) groups excluding carboxylic acids is 1. The summed E-state index contributed by atoms with van der Waals surface area (Å²) in [5, 5.41) is 4.52. The van der Waals surface area contributed by atoms with Crippen LogP contribution in [0.4, 0.5) is 5.82 Å². The molecule has 2 aromatic heterocycles. The number of aromatic nitrogens is 3. The van der Waals surface area contributed by atoms with Crippen LogP contribution in [0.25, 0.3) is 11.3 Å². The Morgan fingerprint density at radius 1 is 1.36 bits per heavy atom. The molecule has 2 bridgehead atoms. The standard InChI is InChI=1S/C17H19N5O3/c18-16(23)14-15(20-22-4-1-5-24-17(14)22)10-2-3-13(19-7-10)21-8-12-6-11(21)9-25-12/h2-3,7,11-12H,1,4-6,8-9H2,(H2,18,23)/t11-,12-/m0/s1. The highest BCUT2D eigenvalue weighted by Crippen LogP contribution is 2.34. The Bertz CT molecular complexity index is 832.